The molecule has 0 heterocycles. The zero-order valence-corrected chi connectivity index (χ0v) is 7.06. The summed E-state index contributed by atoms with van der Waals surface area (Å²) in [5, 5.41) is 0. The average molecular weight is 246 g/mol. The van der Waals surface area contributed by atoms with Gasteiger partial charge in [-0.2, -0.15) is 0 Å². The minimum absolute atomic E-state index is 0. The van der Waals surface area contributed by atoms with Gasteiger partial charge in [-0.3, -0.25) is 0 Å². The Labute approximate surface area is 77.4 Å². The van der Waals surface area contributed by atoms with Gasteiger partial charge in [0.2, 0.25) is 0 Å². The van der Waals surface area contributed by atoms with E-state index in [-0.39, 0.29) is 78.3 Å². The fourth-order valence-corrected chi connectivity index (χ4v) is 0. The molecule has 0 aliphatic rings. The van der Waals surface area contributed by atoms with Gasteiger partial charge in [0.05, 0.1) is 0 Å². The summed E-state index contributed by atoms with van der Waals surface area (Å²) >= 11 is 0. The van der Waals surface area contributed by atoms with Crippen LogP contribution in [0.3, 0.4) is 0 Å². The molecule has 0 unspecified atom stereocenters. The van der Waals surface area contributed by atoms with Crippen molar-refractivity contribution in [1.29, 1.82) is 0 Å². The molecule has 0 rings (SSSR count). The largest absolute Gasteiger partial charge is 1.00 e. The van der Waals surface area contributed by atoms with Crippen LogP contribution in [0, 0.1) is 0 Å². The van der Waals surface area contributed by atoms with Gasteiger partial charge in [0.15, 0.2) is 0 Å². The third-order valence-corrected chi connectivity index (χ3v) is 0. The van der Waals surface area contributed by atoms with Crippen molar-refractivity contribution in [3.8, 4) is 0 Å². The topological polar surface area (TPSA) is 0 Å². The smallest absolute Gasteiger partial charge is 1.00 e. The van der Waals surface area contributed by atoms with E-state index in [9.17, 15) is 0 Å². The summed E-state index contributed by atoms with van der Waals surface area (Å²) in [5.41, 5.74) is 0. The maximum atomic E-state index is 0. The first-order valence-corrected chi connectivity index (χ1v) is 0. The average Bonchev–Trinajstić information content (AvgIpc) is 0. The molecule has 0 saturated carbocycles. The molecule has 0 N–H and O–H groups in total. The number of hydrogen-bond acceptors (Lipinski definition) is 0. The summed E-state index contributed by atoms with van der Waals surface area (Å²) in [5.74, 6) is 0. The van der Waals surface area contributed by atoms with Gasteiger partial charge in [-0.1, -0.05) is 0 Å². The summed E-state index contributed by atoms with van der Waals surface area (Å²) in [6.45, 7) is 0. The molecule has 25 valence electrons. The summed E-state index contributed by atoms with van der Waals surface area (Å²) in [6.07, 6.45) is 0. The van der Waals surface area contributed by atoms with Gasteiger partial charge in [-0.25, -0.2) is 0 Å². The third-order valence-electron chi connectivity index (χ3n) is 0. The van der Waals surface area contributed by atoms with Crippen LogP contribution in [0.15, 0.2) is 0 Å². The minimum Gasteiger partial charge on any atom is -1.00 e. The molecule has 5 radical (unpaired) electrons. The quantitative estimate of drug-likeness (QED) is 0.393. The van der Waals surface area contributed by atoms with E-state index in [0.717, 1.165) is 0 Å². The van der Waals surface area contributed by atoms with Gasteiger partial charge in [-0.05, 0) is 0 Å². The normalized spacial score (nSPS) is 0. The van der Waals surface area contributed by atoms with Crippen LogP contribution in [0.25, 0.3) is 0 Å². The van der Waals surface area contributed by atoms with Crippen molar-refractivity contribution in [3.63, 3.8) is 0 Å². The first kappa shape index (κ1) is 32.1. The van der Waals surface area contributed by atoms with E-state index in [1.165, 1.54) is 0 Å². The predicted octanol–water partition coefficient (Wildman–Crippen LogP) is -3.27. The molecule has 0 aromatic carbocycles. The predicted molar refractivity (Wildman–Crippen MR) is 6.87 cm³/mol. The Morgan fingerprint density at radius 1 is 1.25 bits per heavy atom. The van der Waals surface area contributed by atoms with Gasteiger partial charge in [0.1, 0.15) is 0 Å². The van der Waals surface area contributed by atoms with Crippen molar-refractivity contribution in [2.75, 3.05) is 0 Å². The molecule has 0 atom stereocenters. The molecule has 0 saturated heterocycles. The Morgan fingerprint density at radius 2 is 1.25 bits per heavy atom. The van der Waals surface area contributed by atoms with Crippen molar-refractivity contribution in [2.45, 2.75) is 0 Å². The molecular formula is HCuFeLiSn. The maximum Gasteiger partial charge on any atom is 1.00 e. The molecule has 0 aromatic rings. The van der Waals surface area contributed by atoms with E-state index in [2.05, 4.69) is 0 Å². The Bertz CT molecular complexity index is 11.6. The number of rotatable bonds is 0. The van der Waals surface area contributed by atoms with Gasteiger partial charge in [-0.15, -0.1) is 0 Å². The molecule has 0 fully saturated rings. The van der Waals surface area contributed by atoms with Crippen molar-refractivity contribution < 1.29 is 54.4 Å². The van der Waals surface area contributed by atoms with Crippen LogP contribution >= 0.6 is 0 Å². The van der Waals surface area contributed by atoms with Crippen molar-refractivity contribution in [2.24, 2.45) is 0 Å². The first-order valence-electron chi connectivity index (χ1n) is 0. The fraction of sp³-hybridized carbons (Fsp3) is 0. The third kappa shape index (κ3) is 8.83. The van der Waals surface area contributed by atoms with E-state index < -0.39 is 0 Å². The van der Waals surface area contributed by atoms with Crippen LogP contribution in [0.1, 0.15) is 1.43 Å². The SMILES string of the molecule is [Cu].[Fe].[H-].[Li+].[Sn]. The molecule has 0 amide bonds. The Kier molecular flexibility index (Phi) is 144. The van der Waals surface area contributed by atoms with Gasteiger partial charge in [0, 0.05) is 58.0 Å². The van der Waals surface area contributed by atoms with E-state index in [4.69, 9.17) is 0 Å². The first-order chi connectivity index (χ1) is 0. The fourth-order valence-electron chi connectivity index (χ4n) is 0. The molecular weight excluding hydrogens is 245 g/mol. The number of hydrogen-bond donors (Lipinski definition) is 0. The van der Waals surface area contributed by atoms with Crippen LogP contribution in [0.2, 0.25) is 0 Å². The minimum atomic E-state index is 0. The van der Waals surface area contributed by atoms with Crippen molar-refractivity contribution in [1.82, 2.24) is 0 Å². The molecule has 0 aliphatic carbocycles. The molecule has 0 spiro atoms. The molecule has 4 heteroatoms. The van der Waals surface area contributed by atoms with Gasteiger partial charge < -0.3 is 1.43 Å². The van der Waals surface area contributed by atoms with Crippen LogP contribution in [-0.2, 0) is 34.1 Å². The summed E-state index contributed by atoms with van der Waals surface area (Å²) in [6, 6.07) is 0. The Balaban J connectivity index is 0. The summed E-state index contributed by atoms with van der Waals surface area (Å²) < 4.78 is 0. The maximum absolute atomic E-state index is 0. The van der Waals surface area contributed by atoms with Gasteiger partial charge in [0.25, 0.3) is 0 Å². The molecule has 4 heavy (non-hydrogen) atoms. The molecule has 0 aliphatic heterocycles. The monoisotopic (exact) mass is 247 g/mol. The molecule has 0 nitrogen and oxygen atoms in total. The van der Waals surface area contributed by atoms with Gasteiger partial charge >= 0.3 is 18.9 Å². The van der Waals surface area contributed by atoms with E-state index in [1.54, 1.807) is 0 Å². The zero-order valence-electron chi connectivity index (χ0n) is 3.16. The van der Waals surface area contributed by atoms with Crippen LogP contribution in [-0.4, -0.2) is 23.9 Å². The van der Waals surface area contributed by atoms with E-state index >= 15 is 0 Å². The second kappa shape index (κ2) is 18.0. The van der Waals surface area contributed by atoms with E-state index in [0.29, 0.717) is 0 Å². The second-order valence-electron chi connectivity index (χ2n) is 0. The molecule has 0 aromatic heterocycles. The Hall–Kier alpha value is 2.44. The van der Waals surface area contributed by atoms with Crippen LogP contribution in [0.4, 0.5) is 0 Å². The zero-order chi connectivity index (χ0) is 0. The Morgan fingerprint density at radius 3 is 1.25 bits per heavy atom. The second-order valence-corrected chi connectivity index (χ2v) is 0. The van der Waals surface area contributed by atoms with Crippen molar-refractivity contribution >= 4 is 23.9 Å². The van der Waals surface area contributed by atoms with Crippen LogP contribution < -0.4 is 18.9 Å². The van der Waals surface area contributed by atoms with Crippen LogP contribution in [0.5, 0.6) is 0 Å². The summed E-state index contributed by atoms with van der Waals surface area (Å²) in [4.78, 5) is 0. The standard InChI is InChI=1S/Cu.Fe.Li.Sn.H/q;;+1;;-1. The summed E-state index contributed by atoms with van der Waals surface area (Å²) in [7, 11) is 0. The van der Waals surface area contributed by atoms with E-state index in [1.807, 2.05) is 0 Å². The van der Waals surface area contributed by atoms with Crippen molar-refractivity contribution in [3.05, 3.63) is 0 Å². The molecule has 0 bridgehead atoms.